The maximum absolute atomic E-state index is 10.1. The number of hydrogen-bond acceptors (Lipinski definition) is 2. The first-order valence-corrected chi connectivity index (χ1v) is 14.8. The van der Waals surface area contributed by atoms with Crippen LogP contribution in [0.4, 0.5) is 0 Å². The summed E-state index contributed by atoms with van der Waals surface area (Å²) in [7, 11) is 0. The first-order chi connectivity index (χ1) is 21.5. The summed E-state index contributed by atoms with van der Waals surface area (Å²) in [4.78, 5) is 0. The van der Waals surface area contributed by atoms with Gasteiger partial charge in [0.25, 0.3) is 0 Å². The van der Waals surface area contributed by atoms with Crippen molar-refractivity contribution in [1.29, 1.82) is 10.5 Å². The molecular formula is C40H30N4. The highest BCUT2D eigenvalue weighted by Gasteiger charge is 2.20. The van der Waals surface area contributed by atoms with E-state index in [0.717, 1.165) is 74.3 Å². The molecule has 0 N–H and O–H groups in total. The summed E-state index contributed by atoms with van der Waals surface area (Å²) in [5.41, 5.74) is 12.6. The number of allylic oxidation sites excluding steroid dienone is 3. The van der Waals surface area contributed by atoms with Gasteiger partial charge >= 0.3 is 0 Å². The van der Waals surface area contributed by atoms with Gasteiger partial charge < -0.3 is 9.13 Å². The van der Waals surface area contributed by atoms with Crippen molar-refractivity contribution in [2.24, 2.45) is 0 Å². The van der Waals surface area contributed by atoms with Crippen molar-refractivity contribution in [2.75, 3.05) is 0 Å². The molecule has 0 unspecified atom stereocenters. The van der Waals surface area contributed by atoms with E-state index in [2.05, 4.69) is 108 Å². The number of para-hydroxylation sites is 2. The van der Waals surface area contributed by atoms with E-state index in [9.17, 15) is 10.5 Å². The van der Waals surface area contributed by atoms with Gasteiger partial charge in [-0.1, -0.05) is 66.8 Å². The monoisotopic (exact) mass is 566 g/mol. The molecule has 6 aromatic rings. The zero-order chi connectivity index (χ0) is 30.4. The van der Waals surface area contributed by atoms with Gasteiger partial charge in [-0.05, 0) is 98.0 Å². The molecule has 7 rings (SSSR count). The Hall–Kier alpha value is -5.84. The van der Waals surface area contributed by atoms with Crippen LogP contribution in [-0.4, -0.2) is 9.13 Å². The third kappa shape index (κ3) is 4.46. The Morgan fingerprint density at radius 3 is 2.02 bits per heavy atom. The molecule has 2 aromatic heterocycles. The van der Waals surface area contributed by atoms with Crippen LogP contribution in [0.1, 0.15) is 47.0 Å². The van der Waals surface area contributed by atoms with Crippen LogP contribution in [-0.2, 0) is 6.42 Å². The van der Waals surface area contributed by atoms with Gasteiger partial charge in [-0.3, -0.25) is 0 Å². The summed E-state index contributed by atoms with van der Waals surface area (Å²) >= 11 is 0. The second-order valence-electron chi connectivity index (χ2n) is 11.4. The van der Waals surface area contributed by atoms with Gasteiger partial charge in [0.05, 0.1) is 34.3 Å². The third-order valence-corrected chi connectivity index (χ3v) is 8.50. The molecule has 0 radical (unpaired) electrons. The molecule has 0 aliphatic heterocycles. The van der Waals surface area contributed by atoms with Crippen LogP contribution < -0.4 is 0 Å². The maximum Gasteiger partial charge on any atom is 0.0992 e. The standard InChI is InChI=1S/C40H30N4/c1-26(2)16-17-34-27(3)43(38-13-7-4-10-35(34)38)32-20-28(24-41)18-30(22-32)31-19-29(25-42)21-33(23-31)44-39-14-8-5-11-36(39)37-12-6-9-15-40(37)44/h4-5,7-11,13-23H,1,6,12H2,2-3H3/b17-16-. The molecule has 1 aliphatic rings. The zero-order valence-corrected chi connectivity index (χ0v) is 24.8. The fourth-order valence-electron chi connectivity index (χ4n) is 6.57. The molecule has 0 amide bonds. The van der Waals surface area contributed by atoms with Crippen LogP contribution in [0.2, 0.25) is 0 Å². The maximum atomic E-state index is 10.1. The fourth-order valence-corrected chi connectivity index (χ4v) is 6.57. The number of rotatable bonds is 5. The SMILES string of the molecule is C=C(C)/C=C\c1c(C)n(-c2cc(C#N)cc(-c3cc(C#N)cc(-n4c5c(c6ccccc64)CCC=C5)c3)c2)c2ccccc12. The van der Waals surface area contributed by atoms with Crippen LogP contribution in [0, 0.1) is 29.6 Å². The van der Waals surface area contributed by atoms with Crippen molar-refractivity contribution in [3.05, 3.63) is 143 Å². The van der Waals surface area contributed by atoms with Gasteiger partial charge in [-0.15, -0.1) is 0 Å². The van der Waals surface area contributed by atoms with Gasteiger partial charge in [0.2, 0.25) is 0 Å². The number of nitrogens with zero attached hydrogens (tertiary/aromatic N) is 4. The summed E-state index contributed by atoms with van der Waals surface area (Å²) in [6.07, 6.45) is 10.6. The Labute approximate surface area is 257 Å². The van der Waals surface area contributed by atoms with Crippen molar-refractivity contribution >= 4 is 34.0 Å². The number of benzene rings is 4. The molecule has 0 saturated heterocycles. The van der Waals surface area contributed by atoms with Crippen LogP contribution in [0.15, 0.2) is 109 Å². The zero-order valence-electron chi connectivity index (χ0n) is 24.8. The van der Waals surface area contributed by atoms with E-state index in [1.165, 1.54) is 10.9 Å². The summed E-state index contributed by atoms with van der Waals surface area (Å²) < 4.78 is 4.48. The summed E-state index contributed by atoms with van der Waals surface area (Å²) in [5, 5.41) is 22.6. The number of fused-ring (bicyclic) bond motifs is 4. The summed E-state index contributed by atoms with van der Waals surface area (Å²) in [5.74, 6) is 0. The Balaban J connectivity index is 1.45. The van der Waals surface area contributed by atoms with Crippen molar-refractivity contribution < 1.29 is 0 Å². The topological polar surface area (TPSA) is 57.4 Å². The molecule has 1 aliphatic carbocycles. The molecule has 0 spiro atoms. The van der Waals surface area contributed by atoms with E-state index >= 15 is 0 Å². The van der Waals surface area contributed by atoms with E-state index in [4.69, 9.17) is 0 Å². The molecule has 0 atom stereocenters. The number of aryl methyl sites for hydroxylation is 1. The molecule has 4 nitrogen and oxygen atoms in total. The molecule has 2 heterocycles. The van der Waals surface area contributed by atoms with E-state index in [1.807, 2.05) is 43.3 Å². The van der Waals surface area contributed by atoms with Gasteiger partial charge in [-0.25, -0.2) is 0 Å². The molecule has 0 fully saturated rings. The molecular weight excluding hydrogens is 536 g/mol. The quantitative estimate of drug-likeness (QED) is 0.195. The minimum atomic E-state index is 0.560. The van der Waals surface area contributed by atoms with Crippen LogP contribution in [0.3, 0.4) is 0 Å². The molecule has 210 valence electrons. The highest BCUT2D eigenvalue weighted by Crippen LogP contribution is 2.37. The van der Waals surface area contributed by atoms with Crippen LogP contribution in [0.25, 0.3) is 56.5 Å². The lowest BCUT2D eigenvalue weighted by Gasteiger charge is -2.15. The molecule has 44 heavy (non-hydrogen) atoms. The van der Waals surface area contributed by atoms with E-state index in [-0.39, 0.29) is 0 Å². The number of aromatic nitrogens is 2. The van der Waals surface area contributed by atoms with E-state index in [1.54, 1.807) is 0 Å². The lowest BCUT2D eigenvalue weighted by molar-refractivity contribution is 0.967. The Kier molecular flexibility index (Phi) is 6.62. The second-order valence-corrected chi connectivity index (χ2v) is 11.4. The van der Waals surface area contributed by atoms with Crippen molar-refractivity contribution in [2.45, 2.75) is 26.7 Å². The normalized spacial score (nSPS) is 12.5. The average molecular weight is 567 g/mol. The minimum Gasteiger partial charge on any atom is -0.313 e. The molecule has 0 saturated carbocycles. The second kappa shape index (κ2) is 10.8. The summed E-state index contributed by atoms with van der Waals surface area (Å²) in [6, 6.07) is 33.6. The fraction of sp³-hybridized carbons (Fsp3) is 0.100. The lowest BCUT2D eigenvalue weighted by Crippen LogP contribution is -2.02. The highest BCUT2D eigenvalue weighted by molar-refractivity contribution is 5.94. The van der Waals surface area contributed by atoms with Crippen molar-refractivity contribution in [1.82, 2.24) is 9.13 Å². The first-order valence-electron chi connectivity index (χ1n) is 14.8. The predicted octanol–water partition coefficient (Wildman–Crippen LogP) is 9.84. The Bertz CT molecular complexity index is 2290. The third-order valence-electron chi connectivity index (χ3n) is 8.50. The van der Waals surface area contributed by atoms with E-state index < -0.39 is 0 Å². The van der Waals surface area contributed by atoms with Gasteiger partial charge in [0, 0.05) is 39.1 Å². The van der Waals surface area contributed by atoms with E-state index in [0.29, 0.717) is 11.1 Å². The Morgan fingerprint density at radius 2 is 1.39 bits per heavy atom. The Morgan fingerprint density at radius 1 is 0.795 bits per heavy atom. The van der Waals surface area contributed by atoms with Crippen molar-refractivity contribution in [3.8, 4) is 34.6 Å². The van der Waals surface area contributed by atoms with Crippen LogP contribution in [0.5, 0.6) is 0 Å². The van der Waals surface area contributed by atoms with Gasteiger partial charge in [0.15, 0.2) is 0 Å². The summed E-state index contributed by atoms with van der Waals surface area (Å²) in [6.45, 7) is 8.13. The minimum absolute atomic E-state index is 0.560. The smallest absolute Gasteiger partial charge is 0.0992 e. The molecule has 4 aromatic carbocycles. The lowest BCUT2D eigenvalue weighted by atomic mass is 9.99. The molecule has 0 bridgehead atoms. The predicted molar refractivity (Wildman–Crippen MR) is 181 cm³/mol. The highest BCUT2D eigenvalue weighted by atomic mass is 15.0. The number of hydrogen-bond donors (Lipinski definition) is 0. The largest absolute Gasteiger partial charge is 0.313 e. The number of nitriles is 2. The van der Waals surface area contributed by atoms with Gasteiger partial charge in [-0.2, -0.15) is 10.5 Å². The van der Waals surface area contributed by atoms with Crippen LogP contribution >= 0.6 is 0 Å². The first kappa shape index (κ1) is 27.0. The average Bonchev–Trinajstić information content (AvgIpc) is 3.54. The van der Waals surface area contributed by atoms with Gasteiger partial charge in [0.1, 0.15) is 0 Å². The molecule has 4 heteroatoms. The van der Waals surface area contributed by atoms with Crippen molar-refractivity contribution in [3.63, 3.8) is 0 Å².